The van der Waals surface area contributed by atoms with E-state index in [1.165, 1.54) is 19.3 Å². The Labute approximate surface area is 103 Å². The normalized spacial score (nSPS) is 10.6. The Kier molecular flexibility index (Phi) is 3.93. The molecule has 1 rings (SSSR count). The molecule has 0 spiro atoms. The zero-order valence-corrected chi connectivity index (χ0v) is 10.2. The molecule has 0 radical (unpaired) electrons. The predicted octanol–water partition coefficient (Wildman–Crippen LogP) is 2.03. The lowest BCUT2D eigenvalue weighted by molar-refractivity contribution is -0.394. The number of aliphatic imine (C=N–C) groups is 1. The zero-order valence-electron chi connectivity index (χ0n) is 10.2. The molecule has 0 atom stereocenters. The van der Waals surface area contributed by atoms with Crippen molar-refractivity contribution in [2.45, 2.75) is 6.92 Å². The number of benzene rings is 1. The SMILES string of the molecule is Cc1c(N=CN(C)C)cc([N+](=O)[O-])cc1[N+](=O)[O-]. The first-order chi connectivity index (χ1) is 8.32. The molecule has 1 aromatic rings. The molecule has 0 amide bonds. The summed E-state index contributed by atoms with van der Waals surface area (Å²) in [5.74, 6) is 0. The number of nitro benzene ring substituents is 2. The van der Waals surface area contributed by atoms with Crippen molar-refractivity contribution in [1.29, 1.82) is 0 Å². The second-order valence-electron chi connectivity index (χ2n) is 3.83. The van der Waals surface area contributed by atoms with Crippen LogP contribution in [0.25, 0.3) is 0 Å². The smallest absolute Gasteiger partial charge is 0.281 e. The number of hydrogen-bond acceptors (Lipinski definition) is 5. The Bertz CT molecular complexity index is 525. The van der Waals surface area contributed by atoms with Crippen molar-refractivity contribution in [2.24, 2.45) is 4.99 Å². The first-order valence-corrected chi connectivity index (χ1v) is 4.97. The van der Waals surface area contributed by atoms with E-state index in [2.05, 4.69) is 4.99 Å². The quantitative estimate of drug-likeness (QED) is 0.353. The minimum atomic E-state index is -0.679. The maximum absolute atomic E-state index is 10.8. The van der Waals surface area contributed by atoms with Gasteiger partial charge in [-0.1, -0.05) is 0 Å². The van der Waals surface area contributed by atoms with Gasteiger partial charge in [0.25, 0.3) is 11.4 Å². The van der Waals surface area contributed by atoms with Gasteiger partial charge in [-0.05, 0) is 6.92 Å². The van der Waals surface area contributed by atoms with Gasteiger partial charge < -0.3 is 4.90 Å². The van der Waals surface area contributed by atoms with Gasteiger partial charge in [0.05, 0.1) is 33.5 Å². The molecular weight excluding hydrogens is 240 g/mol. The molecule has 0 saturated carbocycles. The van der Waals surface area contributed by atoms with E-state index in [9.17, 15) is 20.2 Å². The molecule has 8 nitrogen and oxygen atoms in total. The second kappa shape index (κ2) is 5.21. The Hall–Kier alpha value is -2.51. The van der Waals surface area contributed by atoms with Gasteiger partial charge in [-0.2, -0.15) is 0 Å². The van der Waals surface area contributed by atoms with Gasteiger partial charge in [-0.15, -0.1) is 0 Å². The molecule has 0 aromatic heterocycles. The summed E-state index contributed by atoms with van der Waals surface area (Å²) >= 11 is 0. The number of non-ortho nitro benzene ring substituents is 1. The van der Waals surface area contributed by atoms with Gasteiger partial charge in [-0.3, -0.25) is 20.2 Å². The lowest BCUT2D eigenvalue weighted by Crippen LogP contribution is -2.07. The molecule has 0 saturated heterocycles. The van der Waals surface area contributed by atoms with Crippen molar-refractivity contribution in [3.63, 3.8) is 0 Å². The maximum atomic E-state index is 10.8. The molecule has 8 heteroatoms. The third kappa shape index (κ3) is 3.00. The predicted molar refractivity (Wildman–Crippen MR) is 66.3 cm³/mol. The van der Waals surface area contributed by atoms with Crippen LogP contribution in [0.1, 0.15) is 5.56 Å². The molecule has 0 aliphatic heterocycles. The summed E-state index contributed by atoms with van der Waals surface area (Å²) in [5, 5.41) is 21.5. The third-order valence-corrected chi connectivity index (χ3v) is 2.17. The van der Waals surface area contributed by atoms with E-state index in [1.807, 2.05) is 0 Å². The van der Waals surface area contributed by atoms with Gasteiger partial charge in [0.2, 0.25) is 0 Å². The van der Waals surface area contributed by atoms with Crippen LogP contribution in [0.5, 0.6) is 0 Å². The summed E-state index contributed by atoms with van der Waals surface area (Å²) in [6.07, 6.45) is 1.43. The van der Waals surface area contributed by atoms with E-state index in [-0.39, 0.29) is 17.1 Å². The zero-order chi connectivity index (χ0) is 13.9. The number of nitro groups is 2. The summed E-state index contributed by atoms with van der Waals surface area (Å²) in [6, 6.07) is 2.15. The van der Waals surface area contributed by atoms with Crippen molar-refractivity contribution < 1.29 is 9.85 Å². The molecule has 96 valence electrons. The number of nitrogens with zero attached hydrogens (tertiary/aromatic N) is 4. The fraction of sp³-hybridized carbons (Fsp3) is 0.300. The minimum absolute atomic E-state index is 0.213. The lowest BCUT2D eigenvalue weighted by Gasteiger charge is -2.05. The average molecular weight is 252 g/mol. The Morgan fingerprint density at radius 3 is 2.28 bits per heavy atom. The molecule has 0 aliphatic carbocycles. The third-order valence-electron chi connectivity index (χ3n) is 2.17. The van der Waals surface area contributed by atoms with E-state index in [0.717, 1.165) is 6.07 Å². The summed E-state index contributed by atoms with van der Waals surface area (Å²) in [7, 11) is 3.45. The standard InChI is InChI=1S/C10H12N4O4/c1-7-9(11-6-12(2)3)4-8(13(15)16)5-10(7)14(17)18/h4-6H,1-3H3. The monoisotopic (exact) mass is 252 g/mol. The van der Waals surface area contributed by atoms with E-state index >= 15 is 0 Å². The van der Waals surface area contributed by atoms with Crippen molar-refractivity contribution in [3.8, 4) is 0 Å². The fourth-order valence-corrected chi connectivity index (χ4v) is 1.28. The number of hydrogen-bond donors (Lipinski definition) is 0. The second-order valence-corrected chi connectivity index (χ2v) is 3.83. The molecule has 1 aromatic carbocycles. The highest BCUT2D eigenvalue weighted by Crippen LogP contribution is 2.32. The first-order valence-electron chi connectivity index (χ1n) is 4.97. The van der Waals surface area contributed by atoms with Crippen molar-refractivity contribution in [2.75, 3.05) is 14.1 Å². The summed E-state index contributed by atoms with van der Waals surface area (Å²) < 4.78 is 0. The summed E-state index contributed by atoms with van der Waals surface area (Å²) in [5.41, 5.74) is -0.151. The first kappa shape index (κ1) is 13.6. The Morgan fingerprint density at radius 1 is 1.22 bits per heavy atom. The van der Waals surface area contributed by atoms with Gasteiger partial charge in [-0.25, -0.2) is 4.99 Å². The molecule has 0 aliphatic rings. The highest BCUT2D eigenvalue weighted by molar-refractivity contribution is 5.68. The molecule has 0 N–H and O–H groups in total. The van der Waals surface area contributed by atoms with Crippen LogP contribution in [0.2, 0.25) is 0 Å². The van der Waals surface area contributed by atoms with Crippen molar-refractivity contribution in [1.82, 2.24) is 4.90 Å². The Balaban J connectivity index is 3.40. The Morgan fingerprint density at radius 2 is 1.83 bits per heavy atom. The molecule has 0 heterocycles. The molecule has 0 bridgehead atoms. The van der Waals surface area contributed by atoms with Crippen LogP contribution >= 0.6 is 0 Å². The molecular formula is C10H12N4O4. The minimum Gasteiger partial charge on any atom is -0.369 e. The summed E-state index contributed by atoms with van der Waals surface area (Å²) in [4.78, 5) is 25.8. The fourth-order valence-electron chi connectivity index (χ4n) is 1.28. The van der Waals surface area contributed by atoms with Crippen LogP contribution in [0.3, 0.4) is 0 Å². The highest BCUT2D eigenvalue weighted by atomic mass is 16.6. The average Bonchev–Trinajstić information content (AvgIpc) is 2.26. The van der Waals surface area contributed by atoms with Crippen LogP contribution in [-0.2, 0) is 0 Å². The molecule has 18 heavy (non-hydrogen) atoms. The van der Waals surface area contributed by atoms with Gasteiger partial charge in [0.15, 0.2) is 0 Å². The van der Waals surface area contributed by atoms with E-state index in [1.54, 1.807) is 19.0 Å². The molecule has 0 unspecified atom stereocenters. The lowest BCUT2D eigenvalue weighted by atomic mass is 10.1. The van der Waals surface area contributed by atoms with E-state index < -0.39 is 9.85 Å². The van der Waals surface area contributed by atoms with Crippen LogP contribution in [-0.4, -0.2) is 35.2 Å². The van der Waals surface area contributed by atoms with Crippen molar-refractivity contribution >= 4 is 23.4 Å². The largest absolute Gasteiger partial charge is 0.369 e. The van der Waals surface area contributed by atoms with Crippen molar-refractivity contribution in [3.05, 3.63) is 37.9 Å². The van der Waals surface area contributed by atoms with Gasteiger partial charge >= 0.3 is 0 Å². The summed E-state index contributed by atoms with van der Waals surface area (Å²) in [6.45, 7) is 1.50. The highest BCUT2D eigenvalue weighted by Gasteiger charge is 2.20. The van der Waals surface area contributed by atoms with Crippen LogP contribution in [0, 0.1) is 27.2 Å². The van der Waals surface area contributed by atoms with Crippen LogP contribution in [0.15, 0.2) is 17.1 Å². The topological polar surface area (TPSA) is 102 Å². The van der Waals surface area contributed by atoms with E-state index in [4.69, 9.17) is 0 Å². The van der Waals surface area contributed by atoms with Crippen LogP contribution < -0.4 is 0 Å². The van der Waals surface area contributed by atoms with E-state index in [0.29, 0.717) is 5.56 Å². The van der Waals surface area contributed by atoms with Gasteiger partial charge in [0, 0.05) is 20.2 Å². The van der Waals surface area contributed by atoms with Crippen LogP contribution in [0.4, 0.5) is 17.1 Å². The number of rotatable bonds is 4. The molecule has 0 fully saturated rings. The maximum Gasteiger partial charge on any atom is 0.281 e. The van der Waals surface area contributed by atoms with Gasteiger partial charge in [0.1, 0.15) is 0 Å².